The third kappa shape index (κ3) is 5.48. The minimum absolute atomic E-state index is 0.255. The standard InChI is InChI=1S/C27H30N6O2/c1-6-17(4)25(35-33-16(2)3)23-14-21-13-20(7-8-22(21)31-23)24-18(5)30-26(32-24)27(34)29-15-19-9-11-28-12-10-19/h7-14,31H,6,15H2,1-5H3,(H,29,34)(H,30,32). The molecule has 0 fully saturated rings. The number of rotatable bonds is 8. The normalized spacial score (nSPS) is 11.8. The van der Waals surface area contributed by atoms with Crippen LogP contribution in [0.3, 0.4) is 0 Å². The molecule has 0 aliphatic carbocycles. The fraction of sp³-hybridized carbons (Fsp3) is 0.259. The highest BCUT2D eigenvalue weighted by atomic mass is 16.6. The lowest BCUT2D eigenvalue weighted by atomic mass is 10.1. The van der Waals surface area contributed by atoms with Gasteiger partial charge in [-0.3, -0.25) is 9.78 Å². The van der Waals surface area contributed by atoms with Gasteiger partial charge in [0, 0.05) is 41.1 Å². The van der Waals surface area contributed by atoms with E-state index in [0.29, 0.717) is 6.54 Å². The summed E-state index contributed by atoms with van der Waals surface area (Å²) < 4.78 is 0. The number of carbonyl (C=O) groups is 1. The van der Waals surface area contributed by atoms with Crippen LogP contribution >= 0.6 is 0 Å². The van der Waals surface area contributed by atoms with Crippen LogP contribution in [0.5, 0.6) is 0 Å². The number of amides is 1. The van der Waals surface area contributed by atoms with Crippen molar-refractivity contribution < 1.29 is 9.63 Å². The molecule has 1 amide bonds. The van der Waals surface area contributed by atoms with Crippen molar-refractivity contribution in [3.05, 3.63) is 77.1 Å². The highest BCUT2D eigenvalue weighted by molar-refractivity contribution is 5.92. The maximum Gasteiger partial charge on any atom is 0.287 e. The van der Waals surface area contributed by atoms with Gasteiger partial charge in [0.2, 0.25) is 0 Å². The summed E-state index contributed by atoms with van der Waals surface area (Å²) >= 11 is 0. The van der Waals surface area contributed by atoms with E-state index in [1.807, 2.05) is 52.0 Å². The molecule has 180 valence electrons. The maximum atomic E-state index is 12.7. The number of aryl methyl sites for hydroxylation is 1. The average molecular weight is 471 g/mol. The molecule has 1 aromatic carbocycles. The molecule has 4 aromatic rings. The predicted molar refractivity (Wildman–Crippen MR) is 139 cm³/mol. The van der Waals surface area contributed by atoms with Crippen LogP contribution in [0, 0.1) is 6.92 Å². The smallest absolute Gasteiger partial charge is 0.287 e. The Bertz CT molecular complexity index is 1410. The van der Waals surface area contributed by atoms with Gasteiger partial charge in [0.1, 0.15) is 0 Å². The first kappa shape index (κ1) is 23.9. The summed E-state index contributed by atoms with van der Waals surface area (Å²) in [6, 6.07) is 11.8. The van der Waals surface area contributed by atoms with Crippen molar-refractivity contribution in [2.75, 3.05) is 0 Å². The van der Waals surface area contributed by atoms with Gasteiger partial charge in [-0.1, -0.05) is 18.1 Å². The van der Waals surface area contributed by atoms with Crippen molar-refractivity contribution in [2.45, 2.75) is 47.6 Å². The molecule has 0 unspecified atom stereocenters. The molecule has 0 spiro atoms. The predicted octanol–water partition coefficient (Wildman–Crippen LogP) is 5.74. The number of pyridine rings is 1. The Morgan fingerprint density at radius 2 is 1.86 bits per heavy atom. The van der Waals surface area contributed by atoms with Crippen molar-refractivity contribution in [2.24, 2.45) is 5.16 Å². The molecule has 3 aromatic heterocycles. The van der Waals surface area contributed by atoms with Crippen molar-refractivity contribution >= 4 is 28.3 Å². The van der Waals surface area contributed by atoms with E-state index >= 15 is 0 Å². The van der Waals surface area contributed by atoms with Crippen LogP contribution in [0.25, 0.3) is 27.9 Å². The van der Waals surface area contributed by atoms with Gasteiger partial charge in [0.15, 0.2) is 11.6 Å². The quantitative estimate of drug-likeness (QED) is 0.173. The molecule has 0 atom stereocenters. The minimum atomic E-state index is -0.255. The lowest BCUT2D eigenvalue weighted by molar-refractivity contribution is 0.0941. The van der Waals surface area contributed by atoms with Gasteiger partial charge in [-0.15, -0.1) is 0 Å². The van der Waals surface area contributed by atoms with E-state index in [2.05, 4.69) is 49.5 Å². The molecule has 3 heterocycles. The lowest BCUT2D eigenvalue weighted by Crippen LogP contribution is -2.24. The van der Waals surface area contributed by atoms with Crippen LogP contribution in [0.4, 0.5) is 0 Å². The molecule has 8 nitrogen and oxygen atoms in total. The van der Waals surface area contributed by atoms with E-state index in [1.54, 1.807) is 12.4 Å². The van der Waals surface area contributed by atoms with E-state index in [0.717, 1.165) is 62.6 Å². The monoisotopic (exact) mass is 470 g/mol. The Kier molecular flexibility index (Phi) is 7.10. The van der Waals surface area contributed by atoms with Crippen molar-refractivity contribution in [3.8, 4) is 11.3 Å². The summed E-state index contributed by atoms with van der Waals surface area (Å²) in [5.41, 5.74) is 7.27. The van der Waals surface area contributed by atoms with Gasteiger partial charge in [-0.2, -0.15) is 0 Å². The number of nitrogens with zero attached hydrogens (tertiary/aromatic N) is 3. The summed E-state index contributed by atoms with van der Waals surface area (Å²) in [6.45, 7) is 10.3. The second kappa shape index (κ2) is 10.4. The maximum absolute atomic E-state index is 12.7. The fourth-order valence-corrected chi connectivity index (χ4v) is 3.67. The number of aromatic nitrogens is 4. The van der Waals surface area contributed by atoms with Gasteiger partial charge in [0.05, 0.1) is 17.1 Å². The Labute approximate surface area is 204 Å². The van der Waals surface area contributed by atoms with Crippen LogP contribution in [0.2, 0.25) is 0 Å². The van der Waals surface area contributed by atoms with Crippen LogP contribution in [-0.4, -0.2) is 31.6 Å². The lowest BCUT2D eigenvalue weighted by Gasteiger charge is -2.07. The molecule has 8 heteroatoms. The van der Waals surface area contributed by atoms with Crippen molar-refractivity contribution in [1.82, 2.24) is 25.3 Å². The molecule has 0 aliphatic rings. The van der Waals surface area contributed by atoms with Gasteiger partial charge < -0.3 is 20.1 Å². The van der Waals surface area contributed by atoms with Crippen LogP contribution in [0.1, 0.15) is 61.7 Å². The van der Waals surface area contributed by atoms with E-state index in [1.165, 1.54) is 0 Å². The molecule has 35 heavy (non-hydrogen) atoms. The molecular formula is C27H30N6O2. The number of oxime groups is 1. The van der Waals surface area contributed by atoms with E-state index in [9.17, 15) is 4.79 Å². The number of allylic oxidation sites excluding steroid dienone is 1. The summed E-state index contributed by atoms with van der Waals surface area (Å²) in [4.78, 5) is 33.5. The minimum Gasteiger partial charge on any atom is -0.355 e. The first-order chi connectivity index (χ1) is 16.9. The molecule has 0 radical (unpaired) electrons. The Morgan fingerprint density at radius 3 is 2.57 bits per heavy atom. The second-order valence-electron chi connectivity index (χ2n) is 8.67. The zero-order valence-electron chi connectivity index (χ0n) is 20.7. The van der Waals surface area contributed by atoms with Gasteiger partial charge in [-0.25, -0.2) is 4.98 Å². The van der Waals surface area contributed by atoms with Gasteiger partial charge in [0.25, 0.3) is 5.91 Å². The Morgan fingerprint density at radius 1 is 1.09 bits per heavy atom. The van der Waals surface area contributed by atoms with Crippen molar-refractivity contribution in [3.63, 3.8) is 0 Å². The van der Waals surface area contributed by atoms with Crippen LogP contribution < -0.4 is 5.32 Å². The third-order valence-corrected chi connectivity index (χ3v) is 5.68. The molecule has 0 saturated carbocycles. The van der Waals surface area contributed by atoms with E-state index in [4.69, 9.17) is 4.84 Å². The summed E-state index contributed by atoms with van der Waals surface area (Å²) in [5, 5.41) is 8.07. The van der Waals surface area contributed by atoms with Gasteiger partial charge >= 0.3 is 0 Å². The number of carbonyl (C=O) groups excluding carboxylic acids is 1. The van der Waals surface area contributed by atoms with E-state index < -0.39 is 0 Å². The number of nitrogens with one attached hydrogen (secondary N) is 3. The molecule has 0 saturated heterocycles. The summed E-state index contributed by atoms with van der Waals surface area (Å²) in [6.07, 6.45) is 4.25. The Hall–Kier alpha value is -4.20. The average Bonchev–Trinajstić information content (AvgIpc) is 3.45. The number of fused-ring (bicyclic) bond motifs is 1. The first-order valence-corrected chi connectivity index (χ1v) is 11.6. The van der Waals surface area contributed by atoms with Gasteiger partial charge in [-0.05, 0) is 75.6 Å². The zero-order valence-corrected chi connectivity index (χ0v) is 20.7. The second-order valence-corrected chi connectivity index (χ2v) is 8.67. The largest absolute Gasteiger partial charge is 0.355 e. The number of H-pyrrole nitrogens is 2. The molecule has 4 rings (SSSR count). The van der Waals surface area contributed by atoms with Crippen molar-refractivity contribution in [1.29, 1.82) is 0 Å². The van der Waals surface area contributed by atoms with Crippen LogP contribution in [0.15, 0.2) is 59.5 Å². The molecule has 0 aliphatic heterocycles. The first-order valence-electron chi connectivity index (χ1n) is 11.6. The molecule has 3 N–H and O–H groups in total. The SMILES string of the molecule is CCC(C)=C(ON=C(C)C)c1cc2cc(-c3nc(C(=O)NCc4ccncc4)[nH]c3C)ccc2[nH]1. The number of aromatic amines is 2. The number of hydrogen-bond donors (Lipinski definition) is 3. The van der Waals surface area contributed by atoms with Crippen LogP contribution in [-0.2, 0) is 11.4 Å². The number of hydrogen-bond acceptors (Lipinski definition) is 5. The fourth-order valence-electron chi connectivity index (χ4n) is 3.67. The number of benzene rings is 1. The number of imidazole rings is 1. The highest BCUT2D eigenvalue weighted by Gasteiger charge is 2.17. The Balaban J connectivity index is 1.59. The third-order valence-electron chi connectivity index (χ3n) is 5.68. The molecular weight excluding hydrogens is 440 g/mol. The van der Waals surface area contributed by atoms with E-state index in [-0.39, 0.29) is 11.7 Å². The summed E-state index contributed by atoms with van der Waals surface area (Å²) in [7, 11) is 0. The summed E-state index contributed by atoms with van der Waals surface area (Å²) in [5.74, 6) is 0.761. The highest BCUT2D eigenvalue weighted by Crippen LogP contribution is 2.30. The zero-order chi connectivity index (χ0) is 24.9. The topological polar surface area (TPSA) is 108 Å². The molecule has 0 bridgehead atoms.